The minimum atomic E-state index is -3.93. The Kier molecular flexibility index (Phi) is 6.02. The van der Waals surface area contributed by atoms with Crippen LogP contribution in [0, 0.1) is 0 Å². The number of nitrogens with zero attached hydrogens (tertiary/aromatic N) is 1. The molecule has 1 aromatic carbocycles. The second-order valence-corrected chi connectivity index (χ2v) is 9.01. The van der Waals surface area contributed by atoms with Gasteiger partial charge in [-0.1, -0.05) is 18.2 Å². The molecule has 1 amide bonds. The number of hydroxylamine groups is 1. The van der Waals surface area contributed by atoms with Gasteiger partial charge in [-0.2, -0.15) is 0 Å². The minimum Gasteiger partial charge on any atom is -0.490 e. The van der Waals surface area contributed by atoms with E-state index in [1.54, 1.807) is 0 Å². The van der Waals surface area contributed by atoms with E-state index in [2.05, 4.69) is 5.32 Å². The monoisotopic (exact) mass is 399 g/mol. The van der Waals surface area contributed by atoms with Crippen molar-refractivity contribution in [3.8, 4) is 5.75 Å². The molecule has 4 N–H and O–H groups in total. The second kappa shape index (κ2) is 8.11. The maximum absolute atomic E-state index is 13.1. The van der Waals surface area contributed by atoms with Gasteiger partial charge in [0.1, 0.15) is 17.1 Å². The van der Waals surface area contributed by atoms with Crippen LogP contribution in [0.5, 0.6) is 5.75 Å². The third kappa shape index (κ3) is 4.09. The minimum absolute atomic E-state index is 0.0761. The van der Waals surface area contributed by atoms with Crippen molar-refractivity contribution in [2.45, 2.75) is 36.2 Å². The first kappa shape index (κ1) is 20.0. The number of ether oxygens (including phenoxy) is 1. The molecule has 2 heterocycles. The number of para-hydroxylation sites is 1. The number of piperidine rings is 2. The average molecular weight is 399 g/mol. The van der Waals surface area contributed by atoms with Crippen molar-refractivity contribution in [2.24, 2.45) is 0 Å². The zero-order chi connectivity index (χ0) is 19.5. The number of hydrogen-bond donors (Lipinski definition) is 4. The Balaban J connectivity index is 1.68. The number of nitrogens with one attached hydrogen (secondary N) is 2. The summed E-state index contributed by atoms with van der Waals surface area (Å²) in [5.74, 6) is -0.378. The molecule has 150 valence electrons. The largest absolute Gasteiger partial charge is 0.490 e. The van der Waals surface area contributed by atoms with Gasteiger partial charge in [0, 0.05) is 19.6 Å². The molecule has 0 aliphatic carbocycles. The lowest BCUT2D eigenvalue weighted by atomic mass is 9.93. The van der Waals surface area contributed by atoms with E-state index in [1.807, 2.05) is 30.3 Å². The summed E-state index contributed by atoms with van der Waals surface area (Å²) in [5.41, 5.74) is -0.836. The fraction of sp³-hybridized carbons (Fsp3) is 0.588. The Morgan fingerprint density at radius 1 is 1.22 bits per heavy atom. The summed E-state index contributed by atoms with van der Waals surface area (Å²) in [4.78, 5) is 11.9. The summed E-state index contributed by atoms with van der Waals surface area (Å²) in [6.45, 7) is 0.622. The van der Waals surface area contributed by atoms with Crippen LogP contribution in [0.15, 0.2) is 30.3 Å². The number of β-amino-alcohol motifs (C(OH)–C–C–N with tert-alkyl or cyclic N) is 1. The Bertz CT molecular complexity index is 751. The second-order valence-electron chi connectivity index (χ2n) is 6.89. The van der Waals surface area contributed by atoms with Gasteiger partial charge in [0.2, 0.25) is 10.0 Å². The zero-order valence-electron chi connectivity index (χ0n) is 14.9. The third-order valence-corrected chi connectivity index (χ3v) is 7.60. The van der Waals surface area contributed by atoms with Gasteiger partial charge in [-0.05, 0) is 37.9 Å². The van der Waals surface area contributed by atoms with E-state index >= 15 is 0 Å². The molecule has 2 unspecified atom stereocenters. The number of carbonyl (C=O) groups excluding carboxylic acids is 1. The standard InChI is InChI=1S/C17H25N3O6S/c21-16(19-23)17(22)12-18-9-6-15(17)27(24,25)20-10-7-14(8-11-20)26-13-4-2-1-3-5-13/h1-5,14-15,18,22-23H,6-12H2,(H,19,21). The molecule has 10 heteroatoms. The summed E-state index contributed by atoms with van der Waals surface area (Å²) < 4.78 is 33.3. The maximum Gasteiger partial charge on any atom is 0.278 e. The number of benzene rings is 1. The first-order valence-corrected chi connectivity index (χ1v) is 10.5. The van der Waals surface area contributed by atoms with Gasteiger partial charge in [0.25, 0.3) is 5.91 Å². The summed E-state index contributed by atoms with van der Waals surface area (Å²) in [6.07, 6.45) is 1.02. The van der Waals surface area contributed by atoms with Crippen LogP contribution in [0.3, 0.4) is 0 Å². The van der Waals surface area contributed by atoms with Crippen molar-refractivity contribution in [2.75, 3.05) is 26.2 Å². The molecule has 1 aromatic rings. The van der Waals surface area contributed by atoms with Gasteiger partial charge in [-0.15, -0.1) is 0 Å². The quantitative estimate of drug-likeness (QED) is 0.387. The third-order valence-electron chi connectivity index (χ3n) is 5.17. The lowest BCUT2D eigenvalue weighted by Crippen LogP contribution is -2.67. The number of hydrogen-bond acceptors (Lipinski definition) is 7. The lowest BCUT2D eigenvalue weighted by Gasteiger charge is -2.41. The normalized spacial score (nSPS) is 27.9. The van der Waals surface area contributed by atoms with E-state index in [9.17, 15) is 18.3 Å². The van der Waals surface area contributed by atoms with Crippen LogP contribution in [0.25, 0.3) is 0 Å². The fourth-order valence-electron chi connectivity index (χ4n) is 3.66. The summed E-state index contributed by atoms with van der Waals surface area (Å²) in [7, 11) is -3.93. The van der Waals surface area contributed by atoms with E-state index < -0.39 is 26.8 Å². The highest BCUT2D eigenvalue weighted by atomic mass is 32.2. The van der Waals surface area contributed by atoms with E-state index in [-0.39, 0.29) is 32.2 Å². The van der Waals surface area contributed by atoms with Crippen molar-refractivity contribution in [1.82, 2.24) is 15.1 Å². The van der Waals surface area contributed by atoms with Crippen LogP contribution in [0.4, 0.5) is 0 Å². The molecule has 2 atom stereocenters. The molecule has 0 spiro atoms. The Labute approximate surface area is 158 Å². The molecule has 0 saturated carbocycles. The lowest BCUT2D eigenvalue weighted by molar-refractivity contribution is -0.150. The van der Waals surface area contributed by atoms with Crippen LogP contribution in [-0.2, 0) is 14.8 Å². The number of amides is 1. The van der Waals surface area contributed by atoms with Crippen molar-refractivity contribution in [3.05, 3.63) is 30.3 Å². The van der Waals surface area contributed by atoms with Crippen molar-refractivity contribution >= 4 is 15.9 Å². The highest BCUT2D eigenvalue weighted by Crippen LogP contribution is 2.29. The van der Waals surface area contributed by atoms with Gasteiger partial charge in [-0.3, -0.25) is 10.0 Å². The first-order chi connectivity index (χ1) is 12.9. The van der Waals surface area contributed by atoms with Crippen molar-refractivity contribution < 1.29 is 28.3 Å². The highest BCUT2D eigenvalue weighted by molar-refractivity contribution is 7.89. The molecule has 0 radical (unpaired) electrons. The van der Waals surface area contributed by atoms with Crippen LogP contribution >= 0.6 is 0 Å². The number of rotatable bonds is 5. The summed E-state index contributed by atoms with van der Waals surface area (Å²) >= 11 is 0. The van der Waals surface area contributed by atoms with E-state index in [0.29, 0.717) is 19.4 Å². The zero-order valence-corrected chi connectivity index (χ0v) is 15.7. The van der Waals surface area contributed by atoms with Crippen LogP contribution in [0.2, 0.25) is 0 Å². The van der Waals surface area contributed by atoms with Gasteiger partial charge >= 0.3 is 0 Å². The van der Waals surface area contributed by atoms with E-state index in [4.69, 9.17) is 9.94 Å². The predicted molar refractivity (Wildman–Crippen MR) is 96.7 cm³/mol. The molecule has 2 aliphatic heterocycles. The molecule has 2 aliphatic rings. The molecular weight excluding hydrogens is 374 g/mol. The summed E-state index contributed by atoms with van der Waals surface area (Å²) in [6, 6.07) is 9.35. The number of aliphatic hydroxyl groups is 1. The van der Waals surface area contributed by atoms with Crippen LogP contribution < -0.4 is 15.5 Å². The van der Waals surface area contributed by atoms with E-state index in [0.717, 1.165) is 5.75 Å². The predicted octanol–water partition coefficient (Wildman–Crippen LogP) is -0.542. The smallest absolute Gasteiger partial charge is 0.278 e. The van der Waals surface area contributed by atoms with Gasteiger partial charge in [-0.25, -0.2) is 18.2 Å². The first-order valence-electron chi connectivity index (χ1n) is 8.96. The van der Waals surface area contributed by atoms with Crippen LogP contribution in [0.1, 0.15) is 19.3 Å². The molecule has 3 rings (SSSR count). The van der Waals surface area contributed by atoms with Gasteiger partial charge in [0.05, 0.1) is 0 Å². The van der Waals surface area contributed by atoms with Crippen molar-refractivity contribution in [1.29, 1.82) is 0 Å². The number of sulfonamides is 1. The van der Waals surface area contributed by atoms with E-state index in [1.165, 1.54) is 9.79 Å². The molecular formula is C17H25N3O6S. The Morgan fingerprint density at radius 2 is 1.89 bits per heavy atom. The molecule has 2 saturated heterocycles. The average Bonchev–Trinajstić information content (AvgIpc) is 2.68. The van der Waals surface area contributed by atoms with Gasteiger partial charge < -0.3 is 15.2 Å². The Morgan fingerprint density at radius 3 is 2.52 bits per heavy atom. The van der Waals surface area contributed by atoms with Crippen LogP contribution in [-0.4, -0.2) is 72.1 Å². The number of carbonyl (C=O) groups is 1. The summed E-state index contributed by atoms with van der Waals surface area (Å²) in [5, 5.41) is 21.0. The topological polar surface area (TPSA) is 128 Å². The highest BCUT2D eigenvalue weighted by Gasteiger charge is 2.54. The molecule has 2 fully saturated rings. The van der Waals surface area contributed by atoms with Gasteiger partial charge in [0.15, 0.2) is 5.60 Å². The van der Waals surface area contributed by atoms with Crippen molar-refractivity contribution in [3.63, 3.8) is 0 Å². The SMILES string of the molecule is O=C(NO)C1(O)CNCCC1S(=O)(=O)N1CCC(Oc2ccccc2)CC1. The maximum atomic E-state index is 13.1. The molecule has 0 aromatic heterocycles. The molecule has 9 nitrogen and oxygen atoms in total. The fourth-order valence-corrected chi connectivity index (χ4v) is 5.84. The Hall–Kier alpha value is -1.72. The molecule has 0 bridgehead atoms. The molecule has 27 heavy (non-hydrogen) atoms.